The summed E-state index contributed by atoms with van der Waals surface area (Å²) < 4.78 is 10.7. The monoisotopic (exact) mass is 350 g/mol. The number of carbonyl (C=O) groups excluding carboxylic acids is 1. The number of methoxy groups -OCH3 is 1. The van der Waals surface area contributed by atoms with Gasteiger partial charge in [-0.2, -0.15) is 0 Å². The van der Waals surface area contributed by atoms with E-state index in [0.717, 1.165) is 37.1 Å². The standard InChI is InChI=1S/C18H22N2O3.ClH/c1-22-17-7-3-2-5-13(17)9-15-6-4-8-20(15)18(21)14-10-16(11-19)23-12-14;/h2-3,5,7,10,12,15H,4,6,8-9,11,19H2,1H3;1H. The van der Waals surface area contributed by atoms with E-state index in [9.17, 15) is 4.79 Å². The highest BCUT2D eigenvalue weighted by Gasteiger charge is 2.30. The Hall–Kier alpha value is -1.98. The van der Waals surface area contributed by atoms with Gasteiger partial charge in [0.1, 0.15) is 17.8 Å². The highest BCUT2D eigenvalue weighted by atomic mass is 35.5. The van der Waals surface area contributed by atoms with Crippen molar-refractivity contribution in [1.82, 2.24) is 4.90 Å². The Balaban J connectivity index is 0.00000208. The zero-order chi connectivity index (χ0) is 16.2. The van der Waals surface area contributed by atoms with Crippen molar-refractivity contribution in [3.8, 4) is 5.75 Å². The van der Waals surface area contributed by atoms with Crippen LogP contribution >= 0.6 is 12.4 Å². The lowest BCUT2D eigenvalue weighted by atomic mass is 10.0. The number of nitrogens with zero attached hydrogens (tertiary/aromatic N) is 1. The normalized spacial score (nSPS) is 16.8. The molecule has 130 valence electrons. The van der Waals surface area contributed by atoms with Crippen molar-refractivity contribution in [3.05, 3.63) is 53.5 Å². The molecule has 1 amide bonds. The minimum atomic E-state index is 0. The van der Waals surface area contributed by atoms with Crippen molar-refractivity contribution in [2.45, 2.75) is 31.8 Å². The van der Waals surface area contributed by atoms with Crippen LogP contribution in [0.15, 0.2) is 41.0 Å². The molecular weight excluding hydrogens is 328 g/mol. The number of halogens is 1. The van der Waals surface area contributed by atoms with E-state index in [4.69, 9.17) is 14.9 Å². The Morgan fingerprint density at radius 2 is 2.21 bits per heavy atom. The molecule has 5 nitrogen and oxygen atoms in total. The lowest BCUT2D eigenvalue weighted by molar-refractivity contribution is 0.0735. The molecule has 1 atom stereocenters. The molecule has 1 saturated heterocycles. The summed E-state index contributed by atoms with van der Waals surface area (Å²) in [7, 11) is 1.68. The number of carbonyl (C=O) groups is 1. The topological polar surface area (TPSA) is 68.7 Å². The summed E-state index contributed by atoms with van der Waals surface area (Å²) in [5.41, 5.74) is 7.26. The summed E-state index contributed by atoms with van der Waals surface area (Å²) in [6, 6.07) is 9.91. The van der Waals surface area contributed by atoms with Gasteiger partial charge in [0.05, 0.1) is 19.2 Å². The molecule has 0 bridgehead atoms. The van der Waals surface area contributed by atoms with E-state index in [1.165, 1.54) is 6.26 Å². The maximum absolute atomic E-state index is 12.7. The Labute approximate surface area is 148 Å². The number of nitrogens with two attached hydrogens (primary N) is 1. The van der Waals surface area contributed by atoms with Crippen LogP contribution < -0.4 is 10.5 Å². The number of likely N-dealkylation sites (tertiary alicyclic amines) is 1. The molecule has 1 aromatic heterocycles. The van der Waals surface area contributed by atoms with Crippen LogP contribution in [-0.4, -0.2) is 30.5 Å². The van der Waals surface area contributed by atoms with Gasteiger partial charge in [0.15, 0.2) is 0 Å². The quantitative estimate of drug-likeness (QED) is 0.900. The van der Waals surface area contributed by atoms with Crippen LogP contribution in [0.5, 0.6) is 5.75 Å². The number of amides is 1. The van der Waals surface area contributed by atoms with Crippen molar-refractivity contribution in [2.75, 3.05) is 13.7 Å². The molecule has 24 heavy (non-hydrogen) atoms. The molecule has 0 aliphatic carbocycles. The van der Waals surface area contributed by atoms with Crippen molar-refractivity contribution in [2.24, 2.45) is 5.73 Å². The first-order valence-electron chi connectivity index (χ1n) is 7.93. The van der Waals surface area contributed by atoms with Crippen LogP contribution in [0.25, 0.3) is 0 Å². The highest BCUT2D eigenvalue weighted by molar-refractivity contribution is 5.94. The number of furan rings is 1. The minimum absolute atomic E-state index is 0. The fourth-order valence-corrected chi connectivity index (χ4v) is 3.21. The predicted octanol–water partition coefficient (Wildman–Crippen LogP) is 3.02. The third kappa shape index (κ3) is 3.74. The molecule has 1 aromatic carbocycles. The van der Waals surface area contributed by atoms with Crippen molar-refractivity contribution in [3.63, 3.8) is 0 Å². The summed E-state index contributed by atoms with van der Waals surface area (Å²) >= 11 is 0. The van der Waals surface area contributed by atoms with Gasteiger partial charge in [0.25, 0.3) is 5.91 Å². The summed E-state index contributed by atoms with van der Waals surface area (Å²) in [5.74, 6) is 1.53. The molecule has 1 aliphatic rings. The lowest BCUT2D eigenvalue weighted by Gasteiger charge is -2.25. The first kappa shape index (κ1) is 18.4. The smallest absolute Gasteiger partial charge is 0.257 e. The van der Waals surface area contributed by atoms with Crippen molar-refractivity contribution < 1.29 is 13.9 Å². The summed E-state index contributed by atoms with van der Waals surface area (Å²) in [6.45, 7) is 1.08. The summed E-state index contributed by atoms with van der Waals surface area (Å²) in [6.07, 6.45) is 4.33. The van der Waals surface area contributed by atoms with Crippen LogP contribution in [0.3, 0.4) is 0 Å². The number of para-hydroxylation sites is 1. The molecule has 0 spiro atoms. The highest BCUT2D eigenvalue weighted by Crippen LogP contribution is 2.27. The van der Waals surface area contributed by atoms with E-state index >= 15 is 0 Å². The average Bonchev–Trinajstić information content (AvgIpc) is 3.24. The molecule has 2 aromatic rings. The first-order valence-corrected chi connectivity index (χ1v) is 7.93. The SMILES string of the molecule is COc1ccccc1CC1CCCN1C(=O)c1coc(CN)c1.Cl. The van der Waals surface area contributed by atoms with Crippen LogP contribution in [-0.2, 0) is 13.0 Å². The van der Waals surface area contributed by atoms with Crippen molar-refractivity contribution in [1.29, 1.82) is 0 Å². The molecule has 0 radical (unpaired) electrons. The van der Waals surface area contributed by atoms with Crippen LogP contribution in [0.4, 0.5) is 0 Å². The van der Waals surface area contributed by atoms with E-state index in [-0.39, 0.29) is 24.4 Å². The Kier molecular flexibility index (Phi) is 6.29. The maximum Gasteiger partial charge on any atom is 0.257 e. The van der Waals surface area contributed by atoms with Gasteiger partial charge in [-0.3, -0.25) is 4.79 Å². The fraction of sp³-hybridized carbons (Fsp3) is 0.389. The largest absolute Gasteiger partial charge is 0.496 e. The number of benzene rings is 1. The predicted molar refractivity (Wildman–Crippen MR) is 94.6 cm³/mol. The molecule has 2 heterocycles. The first-order chi connectivity index (χ1) is 11.2. The number of hydrogen-bond donors (Lipinski definition) is 1. The second kappa shape index (κ2) is 8.22. The zero-order valence-electron chi connectivity index (χ0n) is 13.7. The maximum atomic E-state index is 12.7. The van der Waals surface area contributed by atoms with E-state index in [2.05, 4.69) is 6.07 Å². The molecule has 3 rings (SSSR count). The molecule has 1 fully saturated rings. The Morgan fingerprint density at radius 1 is 1.42 bits per heavy atom. The van der Waals surface area contributed by atoms with Gasteiger partial charge in [0, 0.05) is 12.6 Å². The fourth-order valence-electron chi connectivity index (χ4n) is 3.21. The van der Waals surface area contributed by atoms with E-state index in [0.29, 0.717) is 17.9 Å². The van der Waals surface area contributed by atoms with Crippen LogP contribution in [0, 0.1) is 0 Å². The third-order valence-electron chi connectivity index (χ3n) is 4.39. The zero-order valence-corrected chi connectivity index (χ0v) is 14.6. The number of rotatable bonds is 5. The second-order valence-corrected chi connectivity index (χ2v) is 5.82. The molecular formula is C18H23ClN2O3. The lowest BCUT2D eigenvalue weighted by Crippen LogP contribution is -2.36. The molecule has 6 heteroatoms. The van der Waals surface area contributed by atoms with Gasteiger partial charge < -0.3 is 19.8 Å². The number of hydrogen-bond acceptors (Lipinski definition) is 4. The van der Waals surface area contributed by atoms with E-state index in [1.54, 1.807) is 13.2 Å². The van der Waals surface area contributed by atoms with Crippen LogP contribution in [0.1, 0.15) is 34.5 Å². The summed E-state index contributed by atoms with van der Waals surface area (Å²) in [4.78, 5) is 14.7. The Bertz CT molecular complexity index is 686. The van der Waals surface area contributed by atoms with Gasteiger partial charge in [-0.15, -0.1) is 12.4 Å². The second-order valence-electron chi connectivity index (χ2n) is 5.82. The van der Waals surface area contributed by atoms with E-state index in [1.807, 2.05) is 23.1 Å². The Morgan fingerprint density at radius 3 is 2.92 bits per heavy atom. The average molecular weight is 351 g/mol. The summed E-state index contributed by atoms with van der Waals surface area (Å²) in [5, 5.41) is 0. The van der Waals surface area contributed by atoms with Gasteiger partial charge in [-0.1, -0.05) is 18.2 Å². The molecule has 1 unspecified atom stereocenters. The van der Waals surface area contributed by atoms with Gasteiger partial charge in [-0.25, -0.2) is 0 Å². The van der Waals surface area contributed by atoms with Gasteiger partial charge >= 0.3 is 0 Å². The van der Waals surface area contributed by atoms with Crippen LogP contribution in [0.2, 0.25) is 0 Å². The molecule has 1 aliphatic heterocycles. The minimum Gasteiger partial charge on any atom is -0.496 e. The number of ether oxygens (including phenoxy) is 1. The van der Waals surface area contributed by atoms with Crippen molar-refractivity contribution >= 4 is 18.3 Å². The van der Waals surface area contributed by atoms with Gasteiger partial charge in [-0.05, 0) is 37.0 Å². The molecule has 0 saturated carbocycles. The van der Waals surface area contributed by atoms with E-state index < -0.39 is 0 Å². The van der Waals surface area contributed by atoms with Gasteiger partial charge in [0.2, 0.25) is 0 Å². The third-order valence-corrected chi connectivity index (χ3v) is 4.39. The molecule has 2 N–H and O–H groups in total.